The number of rotatable bonds is 1. The van der Waals surface area contributed by atoms with Gasteiger partial charge < -0.3 is 4.90 Å². The number of aromatic nitrogens is 1. The molecule has 1 aromatic rings. The SMILES string of the molecule is CC1CCCN(C(=O)c2cccnc2)CC1. The summed E-state index contributed by atoms with van der Waals surface area (Å²) in [6.45, 7) is 4.03. The minimum absolute atomic E-state index is 0.127. The standard InChI is InChI=1S/C13H18N2O/c1-11-4-3-8-15(9-6-11)13(16)12-5-2-7-14-10-12/h2,5,7,10-11H,3-4,6,8-9H2,1H3. The van der Waals surface area contributed by atoms with Crippen molar-refractivity contribution in [2.45, 2.75) is 26.2 Å². The van der Waals surface area contributed by atoms with Crippen molar-refractivity contribution in [3.63, 3.8) is 0 Å². The summed E-state index contributed by atoms with van der Waals surface area (Å²) < 4.78 is 0. The Morgan fingerprint density at radius 2 is 2.31 bits per heavy atom. The van der Waals surface area contributed by atoms with Crippen LogP contribution in [0.1, 0.15) is 36.5 Å². The molecule has 1 fully saturated rings. The Labute approximate surface area is 96.5 Å². The second kappa shape index (κ2) is 5.10. The summed E-state index contributed by atoms with van der Waals surface area (Å²) in [6.07, 6.45) is 6.81. The molecule has 1 unspecified atom stereocenters. The molecule has 16 heavy (non-hydrogen) atoms. The van der Waals surface area contributed by atoms with Gasteiger partial charge in [-0.2, -0.15) is 0 Å². The molecule has 0 bridgehead atoms. The van der Waals surface area contributed by atoms with Gasteiger partial charge in [-0.05, 0) is 37.3 Å². The average Bonchev–Trinajstić information content (AvgIpc) is 2.54. The summed E-state index contributed by atoms with van der Waals surface area (Å²) in [5, 5.41) is 0. The van der Waals surface area contributed by atoms with Gasteiger partial charge in [0.2, 0.25) is 0 Å². The van der Waals surface area contributed by atoms with Crippen molar-refractivity contribution in [2.24, 2.45) is 5.92 Å². The lowest BCUT2D eigenvalue weighted by Crippen LogP contribution is -2.32. The van der Waals surface area contributed by atoms with Gasteiger partial charge >= 0.3 is 0 Å². The molecule has 2 rings (SSSR count). The van der Waals surface area contributed by atoms with E-state index in [0.717, 1.165) is 31.8 Å². The molecule has 0 spiro atoms. The van der Waals surface area contributed by atoms with Crippen molar-refractivity contribution in [2.75, 3.05) is 13.1 Å². The summed E-state index contributed by atoms with van der Waals surface area (Å²) in [5.74, 6) is 0.869. The Morgan fingerprint density at radius 3 is 3.06 bits per heavy atom. The minimum Gasteiger partial charge on any atom is -0.339 e. The fourth-order valence-corrected chi connectivity index (χ4v) is 2.14. The zero-order valence-electron chi connectivity index (χ0n) is 9.72. The summed E-state index contributed by atoms with van der Waals surface area (Å²) in [5.41, 5.74) is 0.706. The minimum atomic E-state index is 0.127. The summed E-state index contributed by atoms with van der Waals surface area (Å²) in [6, 6.07) is 3.65. The van der Waals surface area contributed by atoms with Gasteiger partial charge in [-0.1, -0.05) is 6.92 Å². The van der Waals surface area contributed by atoms with E-state index in [1.54, 1.807) is 12.4 Å². The Balaban J connectivity index is 2.04. The highest BCUT2D eigenvalue weighted by Gasteiger charge is 2.19. The van der Waals surface area contributed by atoms with Crippen LogP contribution in [0, 0.1) is 5.92 Å². The molecule has 0 N–H and O–H groups in total. The van der Waals surface area contributed by atoms with Crippen molar-refractivity contribution in [1.29, 1.82) is 0 Å². The van der Waals surface area contributed by atoms with Crippen molar-refractivity contribution in [3.05, 3.63) is 30.1 Å². The molecule has 0 saturated carbocycles. The van der Waals surface area contributed by atoms with Gasteiger partial charge in [0.25, 0.3) is 5.91 Å². The van der Waals surface area contributed by atoms with Crippen LogP contribution in [0.2, 0.25) is 0 Å². The van der Waals surface area contributed by atoms with Gasteiger partial charge in [0.05, 0.1) is 5.56 Å². The normalized spacial score (nSPS) is 21.6. The van der Waals surface area contributed by atoms with Crippen LogP contribution in [-0.4, -0.2) is 28.9 Å². The second-order valence-corrected chi connectivity index (χ2v) is 4.57. The van der Waals surface area contributed by atoms with E-state index in [-0.39, 0.29) is 5.91 Å². The van der Waals surface area contributed by atoms with Gasteiger partial charge in [-0.3, -0.25) is 9.78 Å². The molecule has 0 aromatic carbocycles. The van der Waals surface area contributed by atoms with Crippen LogP contribution in [0.3, 0.4) is 0 Å². The molecule has 1 atom stereocenters. The van der Waals surface area contributed by atoms with Crippen molar-refractivity contribution in [3.8, 4) is 0 Å². The maximum Gasteiger partial charge on any atom is 0.255 e. The van der Waals surface area contributed by atoms with E-state index in [1.165, 1.54) is 6.42 Å². The number of carbonyl (C=O) groups excluding carboxylic acids is 1. The first-order chi connectivity index (χ1) is 7.77. The van der Waals surface area contributed by atoms with Crippen LogP contribution in [0.5, 0.6) is 0 Å². The Morgan fingerprint density at radius 1 is 1.44 bits per heavy atom. The molecular formula is C13H18N2O. The van der Waals surface area contributed by atoms with E-state index in [0.29, 0.717) is 5.56 Å². The first-order valence-corrected chi connectivity index (χ1v) is 5.96. The summed E-state index contributed by atoms with van der Waals surface area (Å²) in [4.78, 5) is 18.1. The highest BCUT2D eigenvalue weighted by atomic mass is 16.2. The summed E-state index contributed by atoms with van der Waals surface area (Å²) >= 11 is 0. The third-order valence-corrected chi connectivity index (χ3v) is 3.21. The first kappa shape index (κ1) is 11.1. The van der Waals surface area contributed by atoms with Gasteiger partial charge in [0.1, 0.15) is 0 Å². The van der Waals surface area contributed by atoms with Crippen LogP contribution < -0.4 is 0 Å². The number of carbonyl (C=O) groups is 1. The third kappa shape index (κ3) is 2.60. The third-order valence-electron chi connectivity index (χ3n) is 3.21. The fraction of sp³-hybridized carbons (Fsp3) is 0.538. The van der Waals surface area contributed by atoms with E-state index in [9.17, 15) is 4.79 Å². The number of likely N-dealkylation sites (tertiary alicyclic amines) is 1. The number of hydrogen-bond donors (Lipinski definition) is 0. The van der Waals surface area contributed by atoms with Gasteiger partial charge in [-0.25, -0.2) is 0 Å². The molecular weight excluding hydrogens is 200 g/mol. The molecule has 3 heteroatoms. The number of amides is 1. The monoisotopic (exact) mass is 218 g/mol. The van der Waals surface area contributed by atoms with Crippen molar-refractivity contribution < 1.29 is 4.79 Å². The fourth-order valence-electron chi connectivity index (χ4n) is 2.14. The quantitative estimate of drug-likeness (QED) is 0.725. The largest absolute Gasteiger partial charge is 0.339 e. The molecule has 1 aromatic heterocycles. The number of hydrogen-bond acceptors (Lipinski definition) is 2. The highest BCUT2D eigenvalue weighted by Crippen LogP contribution is 2.17. The Hall–Kier alpha value is -1.38. The van der Waals surface area contributed by atoms with E-state index < -0.39 is 0 Å². The van der Waals surface area contributed by atoms with Gasteiger partial charge in [0, 0.05) is 25.5 Å². The zero-order chi connectivity index (χ0) is 11.4. The van der Waals surface area contributed by atoms with Crippen LogP contribution >= 0.6 is 0 Å². The highest BCUT2D eigenvalue weighted by molar-refractivity contribution is 5.93. The number of pyridine rings is 1. The smallest absolute Gasteiger partial charge is 0.255 e. The van der Waals surface area contributed by atoms with E-state index in [2.05, 4.69) is 11.9 Å². The molecule has 1 saturated heterocycles. The van der Waals surface area contributed by atoms with Crippen LogP contribution in [0.4, 0.5) is 0 Å². The predicted octanol–water partition coefficient (Wildman–Crippen LogP) is 2.34. The molecule has 1 aliphatic rings. The molecule has 2 heterocycles. The van der Waals surface area contributed by atoms with E-state index >= 15 is 0 Å². The first-order valence-electron chi connectivity index (χ1n) is 5.96. The maximum absolute atomic E-state index is 12.1. The van der Waals surface area contributed by atoms with Crippen molar-refractivity contribution in [1.82, 2.24) is 9.88 Å². The molecule has 86 valence electrons. The molecule has 1 aliphatic heterocycles. The average molecular weight is 218 g/mol. The van der Waals surface area contributed by atoms with Crippen LogP contribution in [0.25, 0.3) is 0 Å². The second-order valence-electron chi connectivity index (χ2n) is 4.57. The maximum atomic E-state index is 12.1. The lowest BCUT2D eigenvalue weighted by atomic mass is 10.0. The molecule has 1 amide bonds. The Bertz CT molecular complexity index is 350. The molecule has 0 radical (unpaired) electrons. The van der Waals surface area contributed by atoms with Gasteiger partial charge in [0.15, 0.2) is 0 Å². The van der Waals surface area contributed by atoms with Crippen molar-refractivity contribution >= 4 is 5.91 Å². The van der Waals surface area contributed by atoms with E-state index in [1.807, 2.05) is 17.0 Å². The Kier molecular flexibility index (Phi) is 3.54. The number of nitrogens with zero attached hydrogens (tertiary/aromatic N) is 2. The summed E-state index contributed by atoms with van der Waals surface area (Å²) in [7, 11) is 0. The van der Waals surface area contributed by atoms with Crippen LogP contribution in [-0.2, 0) is 0 Å². The van der Waals surface area contributed by atoms with Gasteiger partial charge in [-0.15, -0.1) is 0 Å². The zero-order valence-corrected chi connectivity index (χ0v) is 9.72. The molecule has 3 nitrogen and oxygen atoms in total. The topological polar surface area (TPSA) is 33.2 Å². The van der Waals surface area contributed by atoms with Crippen LogP contribution in [0.15, 0.2) is 24.5 Å². The lowest BCUT2D eigenvalue weighted by Gasteiger charge is -2.20. The molecule has 0 aliphatic carbocycles. The lowest BCUT2D eigenvalue weighted by molar-refractivity contribution is 0.0760. The predicted molar refractivity (Wildman–Crippen MR) is 63.2 cm³/mol. The van der Waals surface area contributed by atoms with E-state index in [4.69, 9.17) is 0 Å².